The number of nitrogens with two attached hydrogens (primary N) is 1. The van der Waals surface area contributed by atoms with E-state index in [0.717, 1.165) is 5.56 Å². The van der Waals surface area contributed by atoms with Crippen LogP contribution in [0.3, 0.4) is 0 Å². The minimum Gasteiger partial charge on any atom is -0.326 e. The average Bonchev–Trinajstić information content (AvgIpc) is 2.71. The molecule has 0 aliphatic carbocycles. The van der Waals surface area contributed by atoms with E-state index < -0.39 is 0 Å². The number of anilines is 1. The maximum Gasteiger partial charge on any atom is 0.229 e. The van der Waals surface area contributed by atoms with Crippen molar-refractivity contribution in [3.8, 4) is 12.3 Å². The Labute approximate surface area is 94.5 Å². The SMILES string of the molecule is C#CC1CC(=O)N(c2cc(CN)ccn2)C1. The zero-order valence-electron chi connectivity index (χ0n) is 8.89. The molecule has 1 aromatic heterocycles. The molecular formula is C12H13N3O. The molecule has 0 saturated carbocycles. The van der Waals surface area contributed by atoms with Crippen LogP contribution in [-0.2, 0) is 11.3 Å². The first-order valence-electron chi connectivity index (χ1n) is 5.16. The van der Waals surface area contributed by atoms with Crippen molar-refractivity contribution in [3.63, 3.8) is 0 Å². The molecule has 1 aliphatic heterocycles. The van der Waals surface area contributed by atoms with Crippen LogP contribution >= 0.6 is 0 Å². The molecule has 1 aliphatic rings. The van der Waals surface area contributed by atoms with Crippen molar-refractivity contribution in [1.82, 2.24) is 4.98 Å². The van der Waals surface area contributed by atoms with Gasteiger partial charge in [-0.25, -0.2) is 4.98 Å². The van der Waals surface area contributed by atoms with Crippen molar-refractivity contribution < 1.29 is 4.79 Å². The second kappa shape index (κ2) is 4.33. The maximum atomic E-state index is 11.7. The van der Waals surface area contributed by atoms with Gasteiger partial charge in [-0.15, -0.1) is 12.3 Å². The molecule has 0 bridgehead atoms. The molecule has 0 aromatic carbocycles. The third-order valence-electron chi connectivity index (χ3n) is 2.68. The van der Waals surface area contributed by atoms with E-state index in [0.29, 0.717) is 25.3 Å². The molecular weight excluding hydrogens is 202 g/mol. The summed E-state index contributed by atoms with van der Waals surface area (Å²) in [5.74, 6) is 3.28. The summed E-state index contributed by atoms with van der Waals surface area (Å²) in [6.45, 7) is 0.993. The lowest BCUT2D eigenvalue weighted by atomic mass is 10.1. The van der Waals surface area contributed by atoms with E-state index in [1.165, 1.54) is 0 Å². The number of carbonyl (C=O) groups is 1. The van der Waals surface area contributed by atoms with Crippen molar-refractivity contribution in [3.05, 3.63) is 23.9 Å². The van der Waals surface area contributed by atoms with Crippen LogP contribution in [-0.4, -0.2) is 17.4 Å². The van der Waals surface area contributed by atoms with E-state index in [1.807, 2.05) is 12.1 Å². The number of terminal acetylenes is 1. The summed E-state index contributed by atoms with van der Waals surface area (Å²) in [4.78, 5) is 17.5. The van der Waals surface area contributed by atoms with Gasteiger partial charge in [0.1, 0.15) is 5.82 Å². The Balaban J connectivity index is 2.24. The van der Waals surface area contributed by atoms with Crippen LogP contribution in [0, 0.1) is 18.3 Å². The van der Waals surface area contributed by atoms with Crippen LogP contribution in [0.15, 0.2) is 18.3 Å². The highest BCUT2D eigenvalue weighted by atomic mass is 16.2. The van der Waals surface area contributed by atoms with E-state index in [4.69, 9.17) is 12.2 Å². The topological polar surface area (TPSA) is 59.2 Å². The first-order chi connectivity index (χ1) is 7.74. The lowest BCUT2D eigenvalue weighted by Crippen LogP contribution is -2.25. The highest BCUT2D eigenvalue weighted by molar-refractivity contribution is 5.95. The van der Waals surface area contributed by atoms with Gasteiger partial charge in [0.15, 0.2) is 0 Å². The van der Waals surface area contributed by atoms with Gasteiger partial charge in [-0.05, 0) is 17.7 Å². The zero-order valence-corrected chi connectivity index (χ0v) is 8.89. The van der Waals surface area contributed by atoms with Gasteiger partial charge in [0.25, 0.3) is 0 Å². The molecule has 2 rings (SSSR count). The fourth-order valence-electron chi connectivity index (χ4n) is 1.78. The maximum absolute atomic E-state index is 11.7. The van der Waals surface area contributed by atoms with Crippen LogP contribution in [0.2, 0.25) is 0 Å². The highest BCUT2D eigenvalue weighted by Crippen LogP contribution is 2.23. The lowest BCUT2D eigenvalue weighted by molar-refractivity contribution is -0.117. The summed E-state index contributed by atoms with van der Waals surface area (Å²) in [5.41, 5.74) is 6.50. The van der Waals surface area contributed by atoms with Crippen LogP contribution in [0.1, 0.15) is 12.0 Å². The molecule has 1 aromatic rings. The molecule has 4 heteroatoms. The summed E-state index contributed by atoms with van der Waals surface area (Å²) in [5, 5.41) is 0. The lowest BCUT2D eigenvalue weighted by Gasteiger charge is -2.15. The molecule has 4 nitrogen and oxygen atoms in total. The second-order valence-electron chi connectivity index (χ2n) is 3.80. The zero-order chi connectivity index (χ0) is 11.5. The molecule has 0 radical (unpaired) electrons. The van der Waals surface area contributed by atoms with Crippen LogP contribution in [0.25, 0.3) is 0 Å². The minimum atomic E-state index is -0.00386. The monoisotopic (exact) mass is 215 g/mol. The minimum absolute atomic E-state index is 0.00386. The van der Waals surface area contributed by atoms with Crippen LogP contribution < -0.4 is 10.6 Å². The number of nitrogens with zero attached hydrogens (tertiary/aromatic N) is 2. The molecule has 1 amide bonds. The van der Waals surface area contributed by atoms with E-state index in [9.17, 15) is 4.79 Å². The van der Waals surface area contributed by atoms with Gasteiger partial charge in [0, 0.05) is 31.6 Å². The number of amides is 1. The number of hydrogen-bond donors (Lipinski definition) is 1. The van der Waals surface area contributed by atoms with E-state index in [1.54, 1.807) is 11.1 Å². The number of rotatable bonds is 2. The molecule has 82 valence electrons. The van der Waals surface area contributed by atoms with Crippen LogP contribution in [0.4, 0.5) is 5.82 Å². The van der Waals surface area contributed by atoms with Gasteiger partial charge in [-0.2, -0.15) is 0 Å². The van der Waals surface area contributed by atoms with Gasteiger partial charge in [0.05, 0.1) is 0 Å². The smallest absolute Gasteiger partial charge is 0.229 e. The Kier molecular flexibility index (Phi) is 2.88. The van der Waals surface area contributed by atoms with Crippen LogP contribution in [0.5, 0.6) is 0 Å². The van der Waals surface area contributed by atoms with E-state index in [2.05, 4.69) is 10.9 Å². The average molecular weight is 215 g/mol. The first-order valence-corrected chi connectivity index (χ1v) is 5.16. The summed E-state index contributed by atoms with van der Waals surface area (Å²) in [6.07, 6.45) is 7.39. The Hall–Kier alpha value is -1.86. The van der Waals surface area contributed by atoms with Crippen molar-refractivity contribution in [2.45, 2.75) is 13.0 Å². The van der Waals surface area contributed by atoms with Crippen molar-refractivity contribution in [2.75, 3.05) is 11.4 Å². The van der Waals surface area contributed by atoms with Crippen molar-refractivity contribution in [1.29, 1.82) is 0 Å². The summed E-state index contributed by atoms with van der Waals surface area (Å²) in [6, 6.07) is 3.67. The van der Waals surface area contributed by atoms with Gasteiger partial charge >= 0.3 is 0 Å². The number of pyridine rings is 1. The summed E-state index contributed by atoms with van der Waals surface area (Å²) < 4.78 is 0. The molecule has 1 fully saturated rings. The summed E-state index contributed by atoms with van der Waals surface area (Å²) >= 11 is 0. The summed E-state index contributed by atoms with van der Waals surface area (Å²) in [7, 11) is 0. The van der Waals surface area contributed by atoms with Gasteiger partial charge in [0.2, 0.25) is 5.91 Å². The fraction of sp³-hybridized carbons (Fsp3) is 0.333. The molecule has 1 atom stereocenters. The Morgan fingerprint density at radius 1 is 1.69 bits per heavy atom. The third kappa shape index (κ3) is 1.90. The number of carbonyl (C=O) groups excluding carboxylic acids is 1. The molecule has 1 unspecified atom stereocenters. The fourth-order valence-corrected chi connectivity index (χ4v) is 1.78. The predicted molar refractivity (Wildman–Crippen MR) is 61.4 cm³/mol. The van der Waals surface area contributed by atoms with Gasteiger partial charge in [-0.1, -0.05) is 0 Å². The molecule has 16 heavy (non-hydrogen) atoms. The number of aromatic nitrogens is 1. The quantitative estimate of drug-likeness (QED) is 0.732. The van der Waals surface area contributed by atoms with Crippen molar-refractivity contribution in [2.24, 2.45) is 11.7 Å². The van der Waals surface area contributed by atoms with E-state index >= 15 is 0 Å². The Bertz CT molecular complexity index is 450. The largest absolute Gasteiger partial charge is 0.326 e. The highest BCUT2D eigenvalue weighted by Gasteiger charge is 2.30. The van der Waals surface area contributed by atoms with Crippen molar-refractivity contribution >= 4 is 11.7 Å². The number of hydrogen-bond acceptors (Lipinski definition) is 3. The van der Waals surface area contributed by atoms with Gasteiger partial charge in [-0.3, -0.25) is 9.69 Å². The van der Waals surface area contributed by atoms with Gasteiger partial charge < -0.3 is 5.73 Å². The normalized spacial score (nSPS) is 19.9. The molecule has 2 heterocycles. The third-order valence-corrected chi connectivity index (χ3v) is 2.68. The Morgan fingerprint density at radius 3 is 3.12 bits per heavy atom. The first kappa shape index (κ1) is 10.7. The molecule has 2 N–H and O–H groups in total. The molecule has 0 spiro atoms. The van der Waals surface area contributed by atoms with E-state index in [-0.39, 0.29) is 11.8 Å². The second-order valence-corrected chi connectivity index (χ2v) is 3.80. The predicted octanol–water partition coefficient (Wildman–Crippen LogP) is 0.526. The standard InChI is InChI=1S/C12H13N3O/c1-2-9-6-12(16)15(8-9)11-5-10(7-13)3-4-14-11/h1,3-5,9H,6-8,13H2. The Morgan fingerprint density at radius 2 is 2.50 bits per heavy atom. The molecule has 1 saturated heterocycles.